The molecule has 1 amide bonds. The molecular weight excluding hydrogens is 462 g/mol. The zero-order valence-electron chi connectivity index (χ0n) is 20.6. The van der Waals surface area contributed by atoms with Crippen LogP contribution in [0.4, 0.5) is 0 Å². The molecule has 0 aliphatic carbocycles. The van der Waals surface area contributed by atoms with E-state index >= 15 is 0 Å². The number of carbonyl (C=O) groups is 1. The molecule has 1 aliphatic rings. The number of nitrogens with zero attached hydrogens (tertiary/aromatic N) is 1. The smallest absolute Gasteiger partial charge is 0.291 e. The Labute approximate surface area is 214 Å². The van der Waals surface area contributed by atoms with E-state index in [-0.39, 0.29) is 17.1 Å². The monoisotopic (exact) mass is 487 g/mol. The third-order valence-electron chi connectivity index (χ3n) is 6.76. The van der Waals surface area contributed by atoms with Crippen molar-refractivity contribution in [3.05, 3.63) is 141 Å². The molecule has 0 saturated carbocycles. The van der Waals surface area contributed by atoms with Crippen LogP contribution >= 0.6 is 0 Å². The molecule has 0 N–H and O–H groups in total. The van der Waals surface area contributed by atoms with Crippen LogP contribution in [0.1, 0.15) is 44.4 Å². The maximum atomic E-state index is 14.0. The number of benzene rings is 4. The fourth-order valence-electron chi connectivity index (χ4n) is 5.18. The van der Waals surface area contributed by atoms with E-state index in [1.165, 1.54) is 0 Å². The number of hydrogen-bond acceptors (Lipinski definition) is 4. The summed E-state index contributed by atoms with van der Waals surface area (Å²) in [6.45, 7) is 4.19. The van der Waals surface area contributed by atoms with Gasteiger partial charge in [-0.1, -0.05) is 66.7 Å². The molecule has 0 saturated heterocycles. The van der Waals surface area contributed by atoms with Crippen LogP contribution in [0.3, 0.4) is 0 Å². The van der Waals surface area contributed by atoms with Crippen LogP contribution in [0, 0.1) is 13.8 Å². The van der Waals surface area contributed by atoms with Crippen molar-refractivity contribution in [3.8, 4) is 11.5 Å². The zero-order valence-corrected chi connectivity index (χ0v) is 20.6. The van der Waals surface area contributed by atoms with Crippen molar-refractivity contribution in [1.82, 2.24) is 4.90 Å². The van der Waals surface area contributed by atoms with Gasteiger partial charge in [0.15, 0.2) is 5.43 Å². The van der Waals surface area contributed by atoms with Crippen molar-refractivity contribution in [1.29, 1.82) is 0 Å². The van der Waals surface area contributed by atoms with E-state index < -0.39 is 6.04 Å². The van der Waals surface area contributed by atoms with Crippen LogP contribution < -0.4 is 10.2 Å². The highest BCUT2D eigenvalue weighted by Gasteiger charge is 2.43. The zero-order chi connectivity index (χ0) is 25.5. The van der Waals surface area contributed by atoms with Gasteiger partial charge in [0.05, 0.1) is 17.0 Å². The first-order chi connectivity index (χ1) is 18.0. The van der Waals surface area contributed by atoms with Crippen molar-refractivity contribution < 1.29 is 13.9 Å². The lowest BCUT2D eigenvalue weighted by atomic mass is 9.96. The molecule has 37 heavy (non-hydrogen) atoms. The third-order valence-corrected chi connectivity index (χ3v) is 6.76. The minimum Gasteiger partial charge on any atom is -0.457 e. The molecule has 0 spiro atoms. The van der Waals surface area contributed by atoms with Crippen LogP contribution in [0.15, 0.2) is 106 Å². The summed E-state index contributed by atoms with van der Waals surface area (Å²) in [7, 11) is 0. The third kappa shape index (κ3) is 4.08. The summed E-state index contributed by atoms with van der Waals surface area (Å²) in [5.41, 5.74) is 4.20. The van der Waals surface area contributed by atoms with Gasteiger partial charge in [-0.2, -0.15) is 0 Å². The first-order valence-electron chi connectivity index (χ1n) is 12.3. The number of hydrogen-bond donors (Lipinski definition) is 0. The minimum absolute atomic E-state index is 0.109. The van der Waals surface area contributed by atoms with Crippen LogP contribution in [0.2, 0.25) is 0 Å². The summed E-state index contributed by atoms with van der Waals surface area (Å²) >= 11 is 0. The predicted molar refractivity (Wildman–Crippen MR) is 143 cm³/mol. The lowest BCUT2D eigenvalue weighted by Crippen LogP contribution is -2.29. The first kappa shape index (κ1) is 22.8. The largest absolute Gasteiger partial charge is 0.457 e. The highest BCUT2D eigenvalue weighted by atomic mass is 16.5. The van der Waals surface area contributed by atoms with E-state index in [0.717, 1.165) is 22.3 Å². The van der Waals surface area contributed by atoms with E-state index in [2.05, 4.69) is 0 Å². The van der Waals surface area contributed by atoms with Crippen molar-refractivity contribution >= 4 is 16.9 Å². The van der Waals surface area contributed by atoms with E-state index in [1.54, 1.807) is 4.90 Å². The number of ether oxygens (including phenoxy) is 1. The fourth-order valence-corrected chi connectivity index (χ4v) is 5.18. The summed E-state index contributed by atoms with van der Waals surface area (Å²) < 4.78 is 12.3. The van der Waals surface area contributed by atoms with Gasteiger partial charge in [0.2, 0.25) is 5.76 Å². The van der Waals surface area contributed by atoms with Gasteiger partial charge in [0.25, 0.3) is 5.91 Å². The Morgan fingerprint density at radius 3 is 2.27 bits per heavy atom. The maximum absolute atomic E-state index is 14.0. The number of amides is 1. The predicted octanol–water partition coefficient (Wildman–Crippen LogP) is 6.95. The van der Waals surface area contributed by atoms with Gasteiger partial charge < -0.3 is 14.1 Å². The minimum atomic E-state index is -0.608. The molecule has 2 heterocycles. The molecular formula is C32H25NO4. The molecule has 1 atom stereocenters. The summed E-state index contributed by atoms with van der Waals surface area (Å²) in [6, 6.07) is 30.0. The topological polar surface area (TPSA) is 59.8 Å². The Hall–Kier alpha value is -4.64. The van der Waals surface area contributed by atoms with Gasteiger partial charge in [-0.05, 0) is 66.4 Å². The van der Waals surface area contributed by atoms with E-state index in [9.17, 15) is 9.59 Å². The Morgan fingerprint density at radius 2 is 1.51 bits per heavy atom. The molecule has 5 aromatic rings. The summed E-state index contributed by atoms with van der Waals surface area (Å²) in [6.07, 6.45) is 0. The standard InChI is InChI=1S/C32H25NO4/c1-20-16-21(2)27-26(17-20)37-31-28(30(27)34)29(33(32(31)35)19-22-10-5-3-6-11-22)23-12-9-15-25(18-23)36-24-13-7-4-8-14-24/h3-18,29H,19H2,1-2H3. The second-order valence-electron chi connectivity index (χ2n) is 9.44. The second kappa shape index (κ2) is 9.10. The number of aryl methyl sites for hydroxylation is 2. The Balaban J connectivity index is 1.53. The fraction of sp³-hybridized carbons (Fsp3) is 0.125. The highest BCUT2D eigenvalue weighted by molar-refractivity contribution is 5.99. The molecule has 182 valence electrons. The van der Waals surface area contributed by atoms with E-state index in [1.807, 2.05) is 111 Å². The number of carbonyl (C=O) groups excluding carboxylic acids is 1. The van der Waals surface area contributed by atoms with Crippen LogP contribution in [-0.2, 0) is 6.54 Å². The molecule has 6 rings (SSSR count). The molecule has 5 heteroatoms. The summed E-state index contributed by atoms with van der Waals surface area (Å²) in [5.74, 6) is 1.15. The van der Waals surface area contributed by atoms with Crippen LogP contribution in [-0.4, -0.2) is 10.8 Å². The molecule has 1 aromatic heterocycles. The Kier molecular flexibility index (Phi) is 5.61. The highest BCUT2D eigenvalue weighted by Crippen LogP contribution is 2.40. The Morgan fingerprint density at radius 1 is 0.811 bits per heavy atom. The van der Waals surface area contributed by atoms with Gasteiger partial charge in [0.1, 0.15) is 17.1 Å². The summed E-state index contributed by atoms with van der Waals surface area (Å²) in [5, 5.41) is 0.514. The average Bonchev–Trinajstić information content (AvgIpc) is 3.16. The molecule has 5 nitrogen and oxygen atoms in total. The van der Waals surface area contributed by atoms with Gasteiger partial charge in [-0.3, -0.25) is 9.59 Å². The van der Waals surface area contributed by atoms with Gasteiger partial charge in [-0.15, -0.1) is 0 Å². The SMILES string of the molecule is Cc1cc(C)c2c(=O)c3c(oc2c1)C(=O)N(Cc1ccccc1)C3c1cccc(Oc2ccccc2)c1. The number of fused-ring (bicyclic) bond motifs is 2. The second-order valence-corrected chi connectivity index (χ2v) is 9.44. The molecule has 0 fully saturated rings. The van der Waals surface area contributed by atoms with E-state index in [4.69, 9.17) is 9.15 Å². The maximum Gasteiger partial charge on any atom is 0.291 e. The summed E-state index contributed by atoms with van der Waals surface area (Å²) in [4.78, 5) is 29.5. The lowest BCUT2D eigenvalue weighted by Gasteiger charge is -2.25. The quantitative estimate of drug-likeness (QED) is 0.269. The molecule has 4 aromatic carbocycles. The molecule has 0 radical (unpaired) electrons. The van der Waals surface area contributed by atoms with Crippen molar-refractivity contribution in [2.24, 2.45) is 0 Å². The van der Waals surface area contributed by atoms with Gasteiger partial charge in [-0.25, -0.2) is 0 Å². The van der Waals surface area contributed by atoms with Gasteiger partial charge >= 0.3 is 0 Å². The normalized spacial score (nSPS) is 14.7. The van der Waals surface area contributed by atoms with Crippen molar-refractivity contribution in [2.45, 2.75) is 26.4 Å². The van der Waals surface area contributed by atoms with Crippen LogP contribution in [0.25, 0.3) is 11.0 Å². The first-order valence-corrected chi connectivity index (χ1v) is 12.3. The lowest BCUT2D eigenvalue weighted by molar-refractivity contribution is 0.0714. The van der Waals surface area contributed by atoms with Gasteiger partial charge in [0, 0.05) is 6.54 Å². The van der Waals surface area contributed by atoms with E-state index in [0.29, 0.717) is 34.6 Å². The van der Waals surface area contributed by atoms with Crippen molar-refractivity contribution in [3.63, 3.8) is 0 Å². The molecule has 0 bridgehead atoms. The molecule has 1 unspecified atom stereocenters. The Bertz CT molecular complexity index is 1690. The molecule has 1 aliphatic heterocycles. The average molecular weight is 488 g/mol. The van der Waals surface area contributed by atoms with Crippen LogP contribution in [0.5, 0.6) is 11.5 Å². The number of para-hydroxylation sites is 1. The van der Waals surface area contributed by atoms with Crippen molar-refractivity contribution in [2.75, 3.05) is 0 Å². The number of rotatable bonds is 5.